The van der Waals surface area contributed by atoms with E-state index in [9.17, 15) is 0 Å². The average molecular weight is 195 g/mol. The van der Waals surface area contributed by atoms with Crippen molar-refractivity contribution in [2.24, 2.45) is 5.92 Å². The van der Waals surface area contributed by atoms with Crippen molar-refractivity contribution in [2.75, 3.05) is 0 Å². The number of rotatable bonds is 6. The Hall–Kier alpha value is -0.300. The van der Waals surface area contributed by atoms with Crippen molar-refractivity contribution in [3.63, 3.8) is 0 Å². The zero-order valence-electron chi connectivity index (χ0n) is 8.68. The lowest BCUT2D eigenvalue weighted by Crippen LogP contribution is -1.88. The van der Waals surface area contributed by atoms with Crippen LogP contribution in [0.1, 0.15) is 45.1 Å². The Morgan fingerprint density at radius 2 is 2.15 bits per heavy atom. The van der Waals surface area contributed by atoms with Gasteiger partial charge in [-0.3, -0.25) is 0 Å². The minimum Gasteiger partial charge on any atom is -0.143 e. The Kier molecular flexibility index (Phi) is 5.14. The molecule has 0 atom stereocenters. The van der Waals surface area contributed by atoms with Gasteiger partial charge in [-0.15, -0.1) is 11.3 Å². The van der Waals surface area contributed by atoms with E-state index in [1.807, 2.05) is 0 Å². The number of thiophene rings is 1. The van der Waals surface area contributed by atoms with Crippen LogP contribution in [0.4, 0.5) is 0 Å². The van der Waals surface area contributed by atoms with E-state index in [1.165, 1.54) is 37.7 Å². The topological polar surface area (TPSA) is 0 Å². The van der Waals surface area contributed by atoms with E-state index in [0.717, 1.165) is 5.92 Å². The van der Waals surface area contributed by atoms with Gasteiger partial charge in [-0.05, 0) is 35.8 Å². The third-order valence-electron chi connectivity index (χ3n) is 2.27. The highest BCUT2D eigenvalue weighted by Crippen LogP contribution is 2.12. The lowest BCUT2D eigenvalue weighted by Gasteiger charge is -2.03. The summed E-state index contributed by atoms with van der Waals surface area (Å²) in [7, 11) is 0. The Bertz CT molecular complexity index is 199. The van der Waals surface area contributed by atoms with E-state index in [1.54, 1.807) is 11.3 Å². The molecule has 1 aromatic rings. The molecule has 13 heavy (non-hydrogen) atoms. The molecule has 1 radical (unpaired) electrons. The van der Waals surface area contributed by atoms with Crippen molar-refractivity contribution in [1.29, 1.82) is 0 Å². The third kappa shape index (κ3) is 5.09. The van der Waals surface area contributed by atoms with Gasteiger partial charge in [-0.2, -0.15) is 0 Å². The molecule has 1 rings (SSSR count). The quantitative estimate of drug-likeness (QED) is 0.593. The van der Waals surface area contributed by atoms with E-state index in [4.69, 9.17) is 0 Å². The molecular weight excluding hydrogens is 176 g/mol. The summed E-state index contributed by atoms with van der Waals surface area (Å²) in [6.07, 6.45) is 6.75. The fourth-order valence-corrected chi connectivity index (χ4v) is 2.07. The Labute approximate surface area is 86.0 Å². The maximum Gasteiger partial charge on any atom is 0.0445 e. The van der Waals surface area contributed by atoms with Gasteiger partial charge in [0.25, 0.3) is 0 Å². The maximum atomic E-state index is 3.13. The van der Waals surface area contributed by atoms with Crippen LogP contribution in [0.3, 0.4) is 0 Å². The molecule has 0 N–H and O–H groups in total. The summed E-state index contributed by atoms with van der Waals surface area (Å²) in [6.45, 7) is 4.60. The average Bonchev–Trinajstić information content (AvgIpc) is 2.55. The van der Waals surface area contributed by atoms with Crippen LogP contribution in [0.15, 0.2) is 11.4 Å². The molecule has 0 bridgehead atoms. The van der Waals surface area contributed by atoms with Crippen molar-refractivity contribution >= 4 is 11.3 Å². The SMILES string of the molecule is CC(C)CCCCCc1c[c]sc1. The molecule has 0 aliphatic carbocycles. The van der Waals surface area contributed by atoms with Crippen LogP contribution >= 0.6 is 11.3 Å². The standard InChI is InChI=1S/C12H19S/c1-11(2)6-4-3-5-7-12-8-9-13-10-12/h8,10-11H,3-7H2,1-2H3. The van der Waals surface area contributed by atoms with Gasteiger partial charge in [0.2, 0.25) is 0 Å². The first-order valence-electron chi connectivity index (χ1n) is 5.22. The Morgan fingerprint density at radius 1 is 1.31 bits per heavy atom. The van der Waals surface area contributed by atoms with Crippen LogP contribution in [0.2, 0.25) is 0 Å². The summed E-state index contributed by atoms with van der Waals surface area (Å²) in [6, 6.07) is 2.12. The highest BCUT2D eigenvalue weighted by atomic mass is 32.1. The predicted molar refractivity (Wildman–Crippen MR) is 60.2 cm³/mol. The van der Waals surface area contributed by atoms with Gasteiger partial charge in [0.05, 0.1) is 0 Å². The van der Waals surface area contributed by atoms with Crippen LogP contribution in [0, 0.1) is 11.3 Å². The molecule has 0 aliphatic heterocycles. The maximum absolute atomic E-state index is 3.13. The number of hydrogen-bond donors (Lipinski definition) is 0. The summed E-state index contributed by atoms with van der Waals surface area (Å²) < 4.78 is 0. The summed E-state index contributed by atoms with van der Waals surface area (Å²) >= 11 is 1.68. The van der Waals surface area contributed by atoms with Gasteiger partial charge in [0.1, 0.15) is 0 Å². The van der Waals surface area contributed by atoms with E-state index in [2.05, 4.69) is 30.7 Å². The van der Waals surface area contributed by atoms with Crippen LogP contribution in [-0.4, -0.2) is 0 Å². The first-order valence-corrected chi connectivity index (χ1v) is 6.10. The monoisotopic (exact) mass is 195 g/mol. The second kappa shape index (κ2) is 6.20. The predicted octanol–water partition coefficient (Wildman–Crippen LogP) is 4.31. The van der Waals surface area contributed by atoms with Crippen molar-refractivity contribution in [1.82, 2.24) is 0 Å². The van der Waals surface area contributed by atoms with E-state index in [0.29, 0.717) is 0 Å². The normalized spacial score (nSPS) is 11.0. The first kappa shape index (κ1) is 10.8. The van der Waals surface area contributed by atoms with Crippen LogP contribution in [0.5, 0.6) is 0 Å². The molecule has 1 heterocycles. The van der Waals surface area contributed by atoms with Crippen LogP contribution < -0.4 is 0 Å². The molecule has 0 nitrogen and oxygen atoms in total. The fraction of sp³-hybridized carbons (Fsp3) is 0.667. The Balaban J connectivity index is 1.96. The summed E-state index contributed by atoms with van der Waals surface area (Å²) in [5.41, 5.74) is 1.47. The van der Waals surface area contributed by atoms with E-state index in [-0.39, 0.29) is 0 Å². The second-order valence-corrected chi connectivity index (χ2v) is 4.77. The minimum atomic E-state index is 0.870. The van der Waals surface area contributed by atoms with Crippen LogP contribution in [-0.2, 0) is 6.42 Å². The molecular formula is C12H19S. The molecule has 1 heteroatoms. The molecule has 0 saturated heterocycles. The van der Waals surface area contributed by atoms with Gasteiger partial charge < -0.3 is 0 Å². The van der Waals surface area contributed by atoms with E-state index < -0.39 is 0 Å². The molecule has 0 amide bonds. The van der Waals surface area contributed by atoms with Crippen molar-refractivity contribution in [3.8, 4) is 0 Å². The third-order valence-corrected chi connectivity index (χ3v) is 2.94. The fourth-order valence-electron chi connectivity index (χ4n) is 1.44. The molecule has 0 fully saturated rings. The number of aryl methyl sites for hydroxylation is 1. The van der Waals surface area contributed by atoms with Gasteiger partial charge in [-0.25, -0.2) is 0 Å². The van der Waals surface area contributed by atoms with Crippen molar-refractivity contribution in [3.05, 3.63) is 22.4 Å². The van der Waals surface area contributed by atoms with Gasteiger partial charge >= 0.3 is 0 Å². The minimum absolute atomic E-state index is 0.870. The first-order chi connectivity index (χ1) is 6.29. The lowest BCUT2D eigenvalue weighted by molar-refractivity contribution is 0.527. The van der Waals surface area contributed by atoms with Crippen molar-refractivity contribution in [2.45, 2.75) is 46.0 Å². The van der Waals surface area contributed by atoms with Gasteiger partial charge in [0, 0.05) is 5.38 Å². The molecule has 73 valence electrons. The molecule has 0 spiro atoms. The van der Waals surface area contributed by atoms with Crippen molar-refractivity contribution < 1.29 is 0 Å². The Morgan fingerprint density at radius 3 is 2.77 bits per heavy atom. The van der Waals surface area contributed by atoms with Gasteiger partial charge in [0.15, 0.2) is 0 Å². The molecule has 0 aromatic carbocycles. The van der Waals surface area contributed by atoms with Crippen LogP contribution in [0.25, 0.3) is 0 Å². The summed E-state index contributed by atoms with van der Waals surface area (Å²) in [5, 5.41) is 5.34. The largest absolute Gasteiger partial charge is 0.143 e. The van der Waals surface area contributed by atoms with E-state index >= 15 is 0 Å². The smallest absolute Gasteiger partial charge is 0.0445 e. The highest BCUT2D eigenvalue weighted by molar-refractivity contribution is 7.07. The number of unbranched alkanes of at least 4 members (excludes halogenated alkanes) is 2. The summed E-state index contributed by atoms with van der Waals surface area (Å²) in [4.78, 5) is 0. The molecule has 0 saturated carbocycles. The molecule has 1 aromatic heterocycles. The molecule has 0 unspecified atom stereocenters. The number of hydrogen-bond acceptors (Lipinski definition) is 1. The highest BCUT2D eigenvalue weighted by Gasteiger charge is 1.96. The van der Waals surface area contributed by atoms with Gasteiger partial charge in [-0.1, -0.05) is 33.1 Å². The zero-order valence-corrected chi connectivity index (χ0v) is 9.49. The second-order valence-electron chi connectivity index (χ2n) is 4.07. The molecule has 0 aliphatic rings. The lowest BCUT2D eigenvalue weighted by atomic mass is 10.0. The zero-order chi connectivity index (χ0) is 9.52. The summed E-state index contributed by atoms with van der Waals surface area (Å²) in [5.74, 6) is 0.870.